The Hall–Kier alpha value is -1.66. The minimum absolute atomic E-state index is 0.691. The number of aromatic amines is 1. The lowest BCUT2D eigenvalue weighted by atomic mass is 10.3. The molecule has 0 aliphatic heterocycles. The van der Waals surface area contributed by atoms with Crippen molar-refractivity contribution in [2.75, 3.05) is 7.11 Å². The fraction of sp³-hybridized carbons (Fsp3) is 0.286. The molecule has 1 aromatic carbocycles. The summed E-state index contributed by atoms with van der Waals surface area (Å²) in [5.41, 5.74) is 1.98. The van der Waals surface area contributed by atoms with Crippen molar-refractivity contribution in [3.05, 3.63) is 39.1 Å². The largest absolute Gasteiger partial charge is 0.494 e. The van der Waals surface area contributed by atoms with E-state index in [2.05, 4.69) is 21.5 Å². The van der Waals surface area contributed by atoms with Crippen LogP contribution in [0.15, 0.2) is 24.4 Å². The monoisotopic (exact) mass is 305 g/mol. The van der Waals surface area contributed by atoms with E-state index in [4.69, 9.17) is 17.0 Å². The summed E-state index contributed by atoms with van der Waals surface area (Å²) in [6.07, 6.45) is 2.96. The molecule has 2 heterocycles. The molecular weight excluding hydrogens is 290 g/mol. The zero-order valence-corrected chi connectivity index (χ0v) is 13.0. The maximum Gasteiger partial charge on any atom is 0.178 e. The van der Waals surface area contributed by atoms with Gasteiger partial charge in [0.15, 0.2) is 4.77 Å². The van der Waals surface area contributed by atoms with Gasteiger partial charge in [0, 0.05) is 11.1 Å². The predicted molar refractivity (Wildman–Crippen MR) is 84.3 cm³/mol. The molecule has 0 unspecified atom stereocenters. The van der Waals surface area contributed by atoms with Crippen molar-refractivity contribution in [3.8, 4) is 5.75 Å². The molecule has 0 saturated heterocycles. The second-order valence-corrected chi connectivity index (χ2v) is 6.03. The van der Waals surface area contributed by atoms with Gasteiger partial charge in [-0.2, -0.15) is 0 Å². The van der Waals surface area contributed by atoms with Crippen LogP contribution < -0.4 is 4.74 Å². The number of aryl methyl sites for hydroxylation is 1. The van der Waals surface area contributed by atoms with Crippen molar-refractivity contribution < 1.29 is 4.74 Å². The lowest BCUT2D eigenvalue weighted by Crippen LogP contribution is -1.98. The van der Waals surface area contributed by atoms with Crippen molar-refractivity contribution in [1.82, 2.24) is 14.5 Å². The molecule has 104 valence electrons. The van der Waals surface area contributed by atoms with Gasteiger partial charge in [-0.3, -0.25) is 0 Å². The molecule has 0 amide bonds. The van der Waals surface area contributed by atoms with Crippen molar-refractivity contribution >= 4 is 34.6 Å². The molecule has 0 fully saturated rings. The van der Waals surface area contributed by atoms with Gasteiger partial charge in [0.1, 0.15) is 16.3 Å². The molecule has 4 nitrogen and oxygen atoms in total. The number of ether oxygens (including phenoxy) is 1. The normalized spacial score (nSPS) is 11.1. The first-order chi connectivity index (χ1) is 9.72. The number of para-hydroxylation sites is 1. The van der Waals surface area contributed by atoms with E-state index in [-0.39, 0.29) is 0 Å². The number of hydrogen-bond donors (Lipinski definition) is 1. The maximum absolute atomic E-state index is 5.42. The van der Waals surface area contributed by atoms with E-state index in [1.54, 1.807) is 18.4 Å². The predicted octanol–water partition coefficient (Wildman–Crippen LogP) is 3.77. The van der Waals surface area contributed by atoms with Gasteiger partial charge in [-0.1, -0.05) is 13.0 Å². The Morgan fingerprint density at radius 1 is 1.45 bits per heavy atom. The van der Waals surface area contributed by atoms with E-state index in [0.29, 0.717) is 11.3 Å². The molecule has 0 saturated carbocycles. The van der Waals surface area contributed by atoms with Crippen LogP contribution in [-0.4, -0.2) is 21.6 Å². The maximum atomic E-state index is 5.42. The minimum Gasteiger partial charge on any atom is -0.494 e. The number of benzene rings is 1. The number of thiazole rings is 1. The van der Waals surface area contributed by atoms with Gasteiger partial charge in [-0.25, -0.2) is 4.98 Å². The Bertz CT molecular complexity index is 800. The standard InChI is InChI=1S/C14H15N3OS2/c1-3-9-7-15-12(20-9)8-17-10-5-4-6-11(18-2)13(10)16-14(17)19/h4-7H,3,8H2,1-2H3,(H,16,19). The van der Waals surface area contributed by atoms with Gasteiger partial charge in [0.2, 0.25) is 0 Å². The van der Waals surface area contributed by atoms with Crippen molar-refractivity contribution in [2.24, 2.45) is 0 Å². The Morgan fingerprint density at radius 2 is 2.30 bits per heavy atom. The topological polar surface area (TPSA) is 42.8 Å². The summed E-state index contributed by atoms with van der Waals surface area (Å²) < 4.78 is 8.12. The second kappa shape index (κ2) is 5.38. The molecule has 0 bridgehead atoms. The average Bonchev–Trinajstić information content (AvgIpc) is 3.04. The summed E-state index contributed by atoms with van der Waals surface area (Å²) in [7, 11) is 1.66. The summed E-state index contributed by atoms with van der Waals surface area (Å²) in [5.74, 6) is 0.806. The molecule has 3 aromatic rings. The van der Waals surface area contributed by atoms with Gasteiger partial charge in [-0.05, 0) is 30.8 Å². The number of fused-ring (bicyclic) bond motifs is 1. The van der Waals surface area contributed by atoms with E-state index in [9.17, 15) is 0 Å². The summed E-state index contributed by atoms with van der Waals surface area (Å²) in [6.45, 7) is 2.83. The highest BCUT2D eigenvalue weighted by atomic mass is 32.1. The molecule has 1 N–H and O–H groups in total. The van der Waals surface area contributed by atoms with Crippen LogP contribution in [0.5, 0.6) is 5.75 Å². The molecule has 3 rings (SSSR count). The van der Waals surface area contributed by atoms with E-state index in [0.717, 1.165) is 28.2 Å². The van der Waals surface area contributed by atoms with Gasteiger partial charge in [0.05, 0.1) is 19.2 Å². The lowest BCUT2D eigenvalue weighted by molar-refractivity contribution is 0.419. The third-order valence-corrected chi connectivity index (χ3v) is 4.68. The van der Waals surface area contributed by atoms with E-state index >= 15 is 0 Å². The SMILES string of the molecule is CCc1cnc(Cn2c(=S)[nH]c3c(OC)cccc32)s1. The molecule has 20 heavy (non-hydrogen) atoms. The number of imidazole rings is 1. The highest BCUT2D eigenvalue weighted by molar-refractivity contribution is 7.71. The van der Waals surface area contributed by atoms with Gasteiger partial charge in [-0.15, -0.1) is 11.3 Å². The Morgan fingerprint density at radius 3 is 3.00 bits per heavy atom. The third-order valence-electron chi connectivity index (χ3n) is 3.24. The van der Waals surface area contributed by atoms with E-state index in [1.165, 1.54) is 4.88 Å². The minimum atomic E-state index is 0.691. The molecule has 0 atom stereocenters. The van der Waals surface area contributed by atoms with Crippen LogP contribution in [0, 0.1) is 4.77 Å². The van der Waals surface area contributed by atoms with Crippen LogP contribution in [0.4, 0.5) is 0 Å². The molecule has 0 spiro atoms. The smallest absolute Gasteiger partial charge is 0.178 e. The van der Waals surface area contributed by atoms with Crippen LogP contribution >= 0.6 is 23.6 Å². The molecule has 0 radical (unpaired) electrons. The zero-order valence-electron chi connectivity index (χ0n) is 11.3. The first kappa shape index (κ1) is 13.3. The molecule has 6 heteroatoms. The van der Waals surface area contributed by atoms with Gasteiger partial charge < -0.3 is 14.3 Å². The average molecular weight is 305 g/mol. The summed E-state index contributed by atoms with van der Waals surface area (Å²) in [4.78, 5) is 8.97. The van der Waals surface area contributed by atoms with Crippen LogP contribution in [0.1, 0.15) is 16.8 Å². The number of H-pyrrole nitrogens is 1. The zero-order chi connectivity index (χ0) is 14.1. The van der Waals surface area contributed by atoms with Crippen LogP contribution in [-0.2, 0) is 13.0 Å². The third kappa shape index (κ3) is 2.25. The van der Waals surface area contributed by atoms with Gasteiger partial charge >= 0.3 is 0 Å². The first-order valence-electron chi connectivity index (χ1n) is 6.42. The van der Waals surface area contributed by atoms with E-state index < -0.39 is 0 Å². The fourth-order valence-electron chi connectivity index (χ4n) is 2.20. The second-order valence-electron chi connectivity index (χ2n) is 4.44. The Balaban J connectivity index is 2.07. The molecule has 0 aliphatic rings. The molecule has 0 aliphatic carbocycles. The molecule has 2 aromatic heterocycles. The number of hydrogen-bond acceptors (Lipinski definition) is 4. The lowest BCUT2D eigenvalue weighted by Gasteiger charge is -2.03. The quantitative estimate of drug-likeness (QED) is 0.746. The van der Waals surface area contributed by atoms with Crippen molar-refractivity contribution in [1.29, 1.82) is 0 Å². The number of aromatic nitrogens is 3. The summed E-state index contributed by atoms with van der Waals surface area (Å²) in [6, 6.07) is 5.94. The van der Waals surface area contributed by atoms with Crippen molar-refractivity contribution in [3.63, 3.8) is 0 Å². The number of nitrogens with zero attached hydrogens (tertiary/aromatic N) is 2. The first-order valence-corrected chi connectivity index (χ1v) is 7.64. The number of nitrogens with one attached hydrogen (secondary N) is 1. The van der Waals surface area contributed by atoms with Crippen LogP contribution in [0.3, 0.4) is 0 Å². The Kier molecular flexibility index (Phi) is 3.58. The summed E-state index contributed by atoms with van der Waals surface area (Å²) in [5, 5.41) is 1.07. The fourth-order valence-corrected chi connectivity index (χ4v) is 3.32. The van der Waals surface area contributed by atoms with Crippen molar-refractivity contribution in [2.45, 2.75) is 19.9 Å². The Labute approximate surface area is 126 Å². The highest BCUT2D eigenvalue weighted by Gasteiger charge is 2.10. The molecular formula is C14H15N3OS2. The number of rotatable bonds is 4. The van der Waals surface area contributed by atoms with Gasteiger partial charge in [0.25, 0.3) is 0 Å². The number of methoxy groups -OCH3 is 1. The van der Waals surface area contributed by atoms with E-state index in [1.807, 2.05) is 24.4 Å². The van der Waals surface area contributed by atoms with Crippen LogP contribution in [0.2, 0.25) is 0 Å². The highest BCUT2D eigenvalue weighted by Crippen LogP contribution is 2.25. The summed E-state index contributed by atoms with van der Waals surface area (Å²) >= 11 is 7.16. The van der Waals surface area contributed by atoms with Crippen LogP contribution in [0.25, 0.3) is 11.0 Å².